The highest BCUT2D eigenvalue weighted by molar-refractivity contribution is 5.99. The molecular formula is C56H110O4. The predicted molar refractivity (Wildman–Crippen MR) is 264 cm³/mol. The molecule has 0 aliphatic rings. The summed E-state index contributed by atoms with van der Waals surface area (Å²) >= 11 is 0. The Bertz CT molecular complexity index is 856. The maximum atomic E-state index is 13.9. The largest absolute Gasteiger partial charge is 0.462 e. The van der Waals surface area contributed by atoms with Crippen molar-refractivity contribution in [2.75, 3.05) is 0 Å². The summed E-state index contributed by atoms with van der Waals surface area (Å²) in [5.74, 6) is -0.628. The molecule has 0 aliphatic heterocycles. The van der Waals surface area contributed by atoms with Crippen molar-refractivity contribution >= 4 is 11.8 Å². The number of Topliss-reactive ketones (excluding diaryl/α,β-unsaturated/α-hetero) is 1. The fourth-order valence-corrected chi connectivity index (χ4v) is 9.16. The fraction of sp³-hybridized carbons (Fsp3) is 0.964. The molecule has 0 radical (unpaired) electrons. The average molecular weight is 847 g/mol. The molecule has 0 aromatic rings. The summed E-state index contributed by atoms with van der Waals surface area (Å²) in [4.78, 5) is 27.7. The van der Waals surface area contributed by atoms with E-state index in [9.17, 15) is 14.7 Å². The lowest BCUT2D eigenvalue weighted by Gasteiger charge is -2.22. The number of hydrogen-bond acceptors (Lipinski definition) is 4. The quantitative estimate of drug-likeness (QED) is 0.0376. The third-order valence-corrected chi connectivity index (χ3v) is 13.4. The van der Waals surface area contributed by atoms with Crippen LogP contribution in [0, 0.1) is 5.92 Å². The molecule has 0 aromatic carbocycles. The molecule has 0 rings (SSSR count). The second kappa shape index (κ2) is 49.1. The molecular weight excluding hydrogens is 737 g/mol. The van der Waals surface area contributed by atoms with Gasteiger partial charge in [-0.2, -0.15) is 0 Å². The molecule has 1 N–H and O–H groups in total. The first kappa shape index (κ1) is 59.1. The molecule has 4 heteroatoms. The first-order chi connectivity index (χ1) is 29.5. The van der Waals surface area contributed by atoms with Crippen LogP contribution in [-0.4, -0.2) is 29.1 Å². The van der Waals surface area contributed by atoms with Gasteiger partial charge in [0.25, 0.3) is 0 Å². The van der Waals surface area contributed by atoms with Gasteiger partial charge in [0.15, 0.2) is 0 Å². The predicted octanol–water partition coefficient (Wildman–Crippen LogP) is 18.9. The van der Waals surface area contributed by atoms with Crippen LogP contribution in [0.4, 0.5) is 0 Å². The first-order valence-electron chi connectivity index (χ1n) is 27.9. The van der Waals surface area contributed by atoms with E-state index in [4.69, 9.17) is 4.74 Å². The molecule has 3 atom stereocenters. The number of ketones is 1. The zero-order valence-corrected chi connectivity index (χ0v) is 41.6. The third-order valence-electron chi connectivity index (χ3n) is 13.4. The van der Waals surface area contributed by atoms with Gasteiger partial charge in [-0.25, -0.2) is 0 Å². The number of hydrogen-bond donors (Lipinski definition) is 1. The minimum Gasteiger partial charge on any atom is -0.462 e. The van der Waals surface area contributed by atoms with Crippen LogP contribution in [-0.2, 0) is 14.3 Å². The van der Waals surface area contributed by atoms with E-state index in [1.807, 2.05) is 0 Å². The molecule has 0 saturated heterocycles. The Morgan fingerprint density at radius 3 is 0.917 bits per heavy atom. The van der Waals surface area contributed by atoms with Crippen LogP contribution < -0.4 is 0 Å². The zero-order valence-electron chi connectivity index (χ0n) is 41.6. The molecule has 0 aliphatic carbocycles. The summed E-state index contributed by atoms with van der Waals surface area (Å²) in [6.07, 6.45) is 56.6. The number of ether oxygens (including phenoxy) is 1. The van der Waals surface area contributed by atoms with Gasteiger partial charge in [-0.3, -0.25) is 9.59 Å². The number of unbranched alkanes of at least 4 members (excludes halogenated alkanes) is 36. The normalized spacial score (nSPS) is 13.2. The SMILES string of the molecule is CCCCCCCCCCCCCCCCC(C(=O)CCCCCCCCCCC(O)CCCCCC)C(=O)OC(CCCCCCCC)CCCCCCCCCCC. The minimum atomic E-state index is -0.570. The van der Waals surface area contributed by atoms with Crippen molar-refractivity contribution < 1.29 is 19.4 Å². The van der Waals surface area contributed by atoms with Gasteiger partial charge < -0.3 is 9.84 Å². The molecule has 60 heavy (non-hydrogen) atoms. The van der Waals surface area contributed by atoms with Crippen molar-refractivity contribution in [3.05, 3.63) is 0 Å². The number of aliphatic hydroxyl groups is 1. The van der Waals surface area contributed by atoms with Crippen molar-refractivity contribution in [2.45, 2.75) is 342 Å². The molecule has 0 fully saturated rings. The molecule has 0 saturated carbocycles. The zero-order chi connectivity index (χ0) is 43.8. The van der Waals surface area contributed by atoms with E-state index in [2.05, 4.69) is 27.7 Å². The molecule has 4 nitrogen and oxygen atoms in total. The molecule has 0 bridgehead atoms. The molecule has 0 spiro atoms. The monoisotopic (exact) mass is 847 g/mol. The highest BCUT2D eigenvalue weighted by Crippen LogP contribution is 2.24. The van der Waals surface area contributed by atoms with E-state index in [0.29, 0.717) is 12.8 Å². The summed E-state index contributed by atoms with van der Waals surface area (Å²) in [5.41, 5.74) is 0. The molecule has 0 amide bonds. The lowest BCUT2D eigenvalue weighted by atomic mass is 9.92. The maximum Gasteiger partial charge on any atom is 0.316 e. The standard InChI is InChI=1S/C56H110O4/c1-5-9-13-17-20-22-23-24-25-26-28-33-38-44-50-54(55(58)51-45-39-34-30-29-31-35-41-47-52(57)46-40-16-12-8-4)56(59)60-53(48-42-36-19-15-11-7-3)49-43-37-32-27-21-18-14-10-6-2/h52-54,57H,5-51H2,1-4H3. The van der Waals surface area contributed by atoms with E-state index in [-0.39, 0.29) is 24.0 Å². The maximum absolute atomic E-state index is 13.9. The van der Waals surface area contributed by atoms with Crippen LogP contribution in [0.1, 0.15) is 329 Å². The highest BCUT2D eigenvalue weighted by atomic mass is 16.5. The number of aliphatic hydroxyl groups excluding tert-OH is 1. The van der Waals surface area contributed by atoms with Crippen molar-refractivity contribution in [1.29, 1.82) is 0 Å². The highest BCUT2D eigenvalue weighted by Gasteiger charge is 2.29. The van der Waals surface area contributed by atoms with Crippen LogP contribution in [0.15, 0.2) is 0 Å². The van der Waals surface area contributed by atoms with Gasteiger partial charge in [0.05, 0.1) is 6.10 Å². The smallest absolute Gasteiger partial charge is 0.316 e. The molecule has 0 heterocycles. The summed E-state index contributed by atoms with van der Waals surface area (Å²) in [6.45, 7) is 9.07. The lowest BCUT2D eigenvalue weighted by Crippen LogP contribution is -2.30. The Labute approximate surface area is 377 Å². The van der Waals surface area contributed by atoms with E-state index in [1.54, 1.807) is 0 Å². The minimum absolute atomic E-state index is 0.0334. The van der Waals surface area contributed by atoms with Gasteiger partial charge >= 0.3 is 5.97 Å². The number of carbonyl (C=O) groups is 2. The second-order valence-electron chi connectivity index (χ2n) is 19.5. The van der Waals surface area contributed by atoms with Crippen molar-refractivity contribution in [3.63, 3.8) is 0 Å². The van der Waals surface area contributed by atoms with Crippen molar-refractivity contribution in [2.24, 2.45) is 5.92 Å². The van der Waals surface area contributed by atoms with E-state index < -0.39 is 5.92 Å². The van der Waals surface area contributed by atoms with E-state index in [0.717, 1.165) is 77.0 Å². The topological polar surface area (TPSA) is 63.6 Å². The van der Waals surface area contributed by atoms with Crippen LogP contribution >= 0.6 is 0 Å². The summed E-state index contributed by atoms with van der Waals surface area (Å²) < 4.78 is 6.36. The van der Waals surface area contributed by atoms with E-state index in [1.165, 1.54) is 212 Å². The Morgan fingerprint density at radius 1 is 0.333 bits per heavy atom. The van der Waals surface area contributed by atoms with Crippen LogP contribution in [0.25, 0.3) is 0 Å². The number of carbonyl (C=O) groups excluding carboxylic acids is 2. The average Bonchev–Trinajstić information content (AvgIpc) is 3.24. The summed E-state index contributed by atoms with van der Waals surface area (Å²) in [7, 11) is 0. The van der Waals surface area contributed by atoms with Crippen molar-refractivity contribution in [1.82, 2.24) is 0 Å². The van der Waals surface area contributed by atoms with Gasteiger partial charge in [0, 0.05) is 6.42 Å². The van der Waals surface area contributed by atoms with Crippen LogP contribution in [0.5, 0.6) is 0 Å². The summed E-state index contributed by atoms with van der Waals surface area (Å²) in [6, 6.07) is 0. The Kier molecular flexibility index (Phi) is 48.4. The van der Waals surface area contributed by atoms with Gasteiger partial charge in [0.1, 0.15) is 17.8 Å². The third kappa shape index (κ3) is 42.4. The fourth-order valence-electron chi connectivity index (χ4n) is 9.16. The Balaban J connectivity index is 4.89. The van der Waals surface area contributed by atoms with Gasteiger partial charge in [-0.15, -0.1) is 0 Å². The van der Waals surface area contributed by atoms with Crippen LogP contribution in [0.2, 0.25) is 0 Å². The first-order valence-corrected chi connectivity index (χ1v) is 27.9. The molecule has 0 aromatic heterocycles. The van der Waals surface area contributed by atoms with Gasteiger partial charge in [0.2, 0.25) is 0 Å². The molecule has 3 unspecified atom stereocenters. The van der Waals surface area contributed by atoms with Crippen molar-refractivity contribution in [3.8, 4) is 0 Å². The molecule has 358 valence electrons. The summed E-state index contributed by atoms with van der Waals surface area (Å²) in [5, 5.41) is 10.3. The van der Waals surface area contributed by atoms with Crippen LogP contribution in [0.3, 0.4) is 0 Å². The number of esters is 1. The number of rotatable bonds is 51. The lowest BCUT2D eigenvalue weighted by molar-refractivity contribution is -0.158. The Morgan fingerprint density at radius 2 is 0.583 bits per heavy atom. The van der Waals surface area contributed by atoms with Gasteiger partial charge in [-0.1, -0.05) is 272 Å². The Hall–Kier alpha value is -0.900. The van der Waals surface area contributed by atoms with Gasteiger partial charge in [-0.05, 0) is 51.4 Å². The van der Waals surface area contributed by atoms with E-state index >= 15 is 0 Å². The second-order valence-corrected chi connectivity index (χ2v) is 19.5.